The van der Waals surface area contributed by atoms with E-state index in [2.05, 4.69) is 21.7 Å². The number of nitrogens with one attached hydrogen (secondary N) is 2. The summed E-state index contributed by atoms with van der Waals surface area (Å²) in [6.07, 6.45) is 3.94. The van der Waals surface area contributed by atoms with Gasteiger partial charge < -0.3 is 24.8 Å². The van der Waals surface area contributed by atoms with Crippen molar-refractivity contribution in [3.05, 3.63) is 53.6 Å². The molecule has 0 radical (unpaired) electrons. The minimum absolute atomic E-state index is 0.289. The molecule has 6 heteroatoms. The number of rotatable bonds is 6. The fourth-order valence-corrected chi connectivity index (χ4v) is 3.07. The molecule has 1 heterocycles. The smallest absolute Gasteiger partial charge is 0.231 e. The van der Waals surface area contributed by atoms with E-state index in [4.69, 9.17) is 14.2 Å². The van der Waals surface area contributed by atoms with E-state index in [0.29, 0.717) is 19.2 Å². The fraction of sp³-hybridized carbons (Fsp3) is 0.381. The summed E-state index contributed by atoms with van der Waals surface area (Å²) in [5.74, 6) is 3.29. The summed E-state index contributed by atoms with van der Waals surface area (Å²) in [5, 5.41) is 6.69. The maximum atomic E-state index is 6.09. The van der Waals surface area contributed by atoms with Crippen LogP contribution in [0.1, 0.15) is 30.4 Å². The van der Waals surface area contributed by atoms with Gasteiger partial charge in [-0.2, -0.15) is 0 Å². The van der Waals surface area contributed by atoms with Gasteiger partial charge in [-0.15, -0.1) is 0 Å². The van der Waals surface area contributed by atoms with E-state index in [1.165, 1.54) is 6.42 Å². The van der Waals surface area contributed by atoms with Crippen LogP contribution in [0.5, 0.6) is 17.2 Å². The molecule has 0 atom stereocenters. The molecule has 4 rings (SSSR count). The monoisotopic (exact) mass is 367 g/mol. The van der Waals surface area contributed by atoms with Crippen molar-refractivity contribution < 1.29 is 14.2 Å². The average Bonchev–Trinajstić information content (AvgIpc) is 3.13. The largest absolute Gasteiger partial charge is 0.490 e. The average molecular weight is 367 g/mol. The van der Waals surface area contributed by atoms with Gasteiger partial charge in [0.05, 0.1) is 6.10 Å². The van der Waals surface area contributed by atoms with Crippen LogP contribution < -0.4 is 24.8 Å². The molecule has 142 valence electrons. The Balaban J connectivity index is 1.32. The van der Waals surface area contributed by atoms with Gasteiger partial charge in [0, 0.05) is 25.7 Å². The van der Waals surface area contributed by atoms with Crippen LogP contribution in [0.15, 0.2) is 47.5 Å². The first-order valence-corrected chi connectivity index (χ1v) is 9.39. The highest BCUT2D eigenvalue weighted by atomic mass is 16.7. The van der Waals surface area contributed by atoms with Crippen LogP contribution >= 0.6 is 0 Å². The van der Waals surface area contributed by atoms with Gasteiger partial charge >= 0.3 is 0 Å². The van der Waals surface area contributed by atoms with Gasteiger partial charge in [-0.05, 0) is 43.0 Å². The van der Waals surface area contributed by atoms with E-state index in [0.717, 1.165) is 47.2 Å². The highest BCUT2D eigenvalue weighted by Gasteiger charge is 2.20. The third kappa shape index (κ3) is 4.27. The minimum atomic E-state index is 0.289. The van der Waals surface area contributed by atoms with Gasteiger partial charge in [-0.25, -0.2) is 0 Å². The van der Waals surface area contributed by atoms with Crippen LogP contribution in [0.3, 0.4) is 0 Å². The van der Waals surface area contributed by atoms with Crippen LogP contribution in [0, 0.1) is 0 Å². The zero-order chi connectivity index (χ0) is 18.5. The van der Waals surface area contributed by atoms with Crippen molar-refractivity contribution in [3.8, 4) is 17.2 Å². The Morgan fingerprint density at radius 2 is 1.89 bits per heavy atom. The molecule has 2 aromatic carbocycles. The van der Waals surface area contributed by atoms with E-state index in [-0.39, 0.29) is 6.79 Å². The number of fused-ring (bicyclic) bond motifs is 1. The Morgan fingerprint density at radius 1 is 1.07 bits per heavy atom. The maximum absolute atomic E-state index is 6.09. The zero-order valence-electron chi connectivity index (χ0n) is 15.5. The van der Waals surface area contributed by atoms with Gasteiger partial charge in [0.25, 0.3) is 0 Å². The summed E-state index contributed by atoms with van der Waals surface area (Å²) in [6, 6.07) is 14.1. The second kappa shape index (κ2) is 8.20. The molecule has 0 saturated heterocycles. The third-order valence-electron chi connectivity index (χ3n) is 4.89. The molecule has 0 aromatic heterocycles. The normalized spacial score (nSPS) is 16.0. The second-order valence-electron chi connectivity index (χ2n) is 6.75. The summed E-state index contributed by atoms with van der Waals surface area (Å²) in [4.78, 5) is 4.31. The molecule has 1 aliphatic carbocycles. The molecule has 6 nitrogen and oxygen atoms in total. The van der Waals surface area contributed by atoms with Crippen molar-refractivity contribution in [2.24, 2.45) is 4.99 Å². The molecule has 2 aromatic rings. The number of ether oxygens (including phenoxy) is 3. The number of nitrogens with zero attached hydrogens (tertiary/aromatic N) is 1. The first-order chi connectivity index (χ1) is 13.3. The Bertz CT molecular complexity index is 818. The predicted octanol–water partition coefficient (Wildman–Crippen LogP) is 3.21. The van der Waals surface area contributed by atoms with E-state index < -0.39 is 0 Å². The van der Waals surface area contributed by atoms with E-state index in [1.54, 1.807) is 7.05 Å². The molecule has 0 unspecified atom stereocenters. The standard InChI is InChI=1S/C21H25N3O3/c1-22-21(23-12-15-9-10-19-20(11-15)26-14-25-19)24-13-16-5-2-3-8-18(16)27-17-6-4-7-17/h2-3,5,8-11,17H,4,6-7,12-14H2,1H3,(H2,22,23,24). The topological polar surface area (TPSA) is 64.1 Å². The van der Waals surface area contributed by atoms with Crippen LogP contribution in [-0.2, 0) is 13.1 Å². The number of benzene rings is 2. The summed E-state index contributed by atoms with van der Waals surface area (Å²) in [7, 11) is 1.77. The van der Waals surface area contributed by atoms with Crippen molar-refractivity contribution in [2.45, 2.75) is 38.5 Å². The molecule has 27 heavy (non-hydrogen) atoms. The molecule has 1 fully saturated rings. The highest BCUT2D eigenvalue weighted by Crippen LogP contribution is 2.32. The van der Waals surface area contributed by atoms with Gasteiger partial charge in [-0.3, -0.25) is 4.99 Å². The Kier molecular flexibility index (Phi) is 5.32. The lowest BCUT2D eigenvalue weighted by Crippen LogP contribution is -2.36. The fourth-order valence-electron chi connectivity index (χ4n) is 3.07. The summed E-state index contributed by atoms with van der Waals surface area (Å²) >= 11 is 0. The van der Waals surface area contributed by atoms with Gasteiger partial charge in [0.15, 0.2) is 17.5 Å². The molecular weight excluding hydrogens is 342 g/mol. The van der Waals surface area contributed by atoms with Gasteiger partial charge in [0.1, 0.15) is 5.75 Å². The van der Waals surface area contributed by atoms with E-state index in [9.17, 15) is 0 Å². The first-order valence-electron chi connectivity index (χ1n) is 9.39. The van der Waals surface area contributed by atoms with Crippen molar-refractivity contribution in [2.75, 3.05) is 13.8 Å². The lowest BCUT2D eigenvalue weighted by Gasteiger charge is -2.27. The molecule has 1 saturated carbocycles. The maximum Gasteiger partial charge on any atom is 0.231 e. The molecule has 2 N–H and O–H groups in total. The van der Waals surface area contributed by atoms with Crippen molar-refractivity contribution >= 4 is 5.96 Å². The van der Waals surface area contributed by atoms with Crippen LogP contribution in [0.25, 0.3) is 0 Å². The van der Waals surface area contributed by atoms with Gasteiger partial charge in [0.2, 0.25) is 6.79 Å². The number of para-hydroxylation sites is 1. The quantitative estimate of drug-likeness (QED) is 0.606. The van der Waals surface area contributed by atoms with Crippen molar-refractivity contribution in [1.29, 1.82) is 0 Å². The van der Waals surface area contributed by atoms with E-state index >= 15 is 0 Å². The Hall–Kier alpha value is -2.89. The Labute approximate surface area is 159 Å². The van der Waals surface area contributed by atoms with E-state index in [1.807, 2.05) is 36.4 Å². The number of hydrogen-bond donors (Lipinski definition) is 2. The lowest BCUT2D eigenvalue weighted by atomic mass is 9.96. The lowest BCUT2D eigenvalue weighted by molar-refractivity contribution is 0.119. The highest BCUT2D eigenvalue weighted by molar-refractivity contribution is 5.79. The molecule has 0 bridgehead atoms. The number of hydrogen-bond acceptors (Lipinski definition) is 4. The summed E-state index contributed by atoms with van der Waals surface area (Å²) < 4.78 is 16.9. The number of guanidine groups is 1. The third-order valence-corrected chi connectivity index (χ3v) is 4.89. The van der Waals surface area contributed by atoms with Crippen molar-refractivity contribution in [3.63, 3.8) is 0 Å². The second-order valence-corrected chi connectivity index (χ2v) is 6.75. The Morgan fingerprint density at radius 3 is 2.70 bits per heavy atom. The van der Waals surface area contributed by atoms with Gasteiger partial charge in [-0.1, -0.05) is 24.3 Å². The predicted molar refractivity (Wildman–Crippen MR) is 104 cm³/mol. The molecule has 0 amide bonds. The minimum Gasteiger partial charge on any atom is -0.490 e. The first kappa shape index (κ1) is 17.5. The van der Waals surface area contributed by atoms with Crippen LogP contribution in [0.2, 0.25) is 0 Å². The van der Waals surface area contributed by atoms with Crippen LogP contribution in [0.4, 0.5) is 0 Å². The number of aliphatic imine (C=N–C) groups is 1. The van der Waals surface area contributed by atoms with Crippen molar-refractivity contribution in [1.82, 2.24) is 10.6 Å². The summed E-state index contributed by atoms with van der Waals surface area (Å²) in [6.45, 7) is 1.60. The molecule has 2 aliphatic rings. The van der Waals surface area contributed by atoms with Crippen LogP contribution in [-0.4, -0.2) is 25.9 Å². The molecule has 1 aliphatic heterocycles. The zero-order valence-corrected chi connectivity index (χ0v) is 15.5. The SMILES string of the molecule is CN=C(NCc1ccc2c(c1)OCO2)NCc1ccccc1OC1CCC1. The molecular formula is C21H25N3O3. The summed E-state index contributed by atoms with van der Waals surface area (Å²) in [5.41, 5.74) is 2.24. The molecule has 0 spiro atoms.